The first kappa shape index (κ1) is 26.2. The number of hydrogen-bond acceptors (Lipinski definition) is 5. The number of anilines is 1. The predicted octanol–water partition coefficient (Wildman–Crippen LogP) is 3.18. The smallest absolute Gasteiger partial charge is 0.325 e. The van der Waals surface area contributed by atoms with E-state index in [4.69, 9.17) is 0 Å². The van der Waals surface area contributed by atoms with Gasteiger partial charge in [-0.1, -0.05) is 40.5 Å². The highest BCUT2D eigenvalue weighted by Crippen LogP contribution is 2.29. The molecule has 2 heterocycles. The number of urea groups is 1. The normalized spacial score (nSPS) is 23.1. The molecule has 2 atom stereocenters. The zero-order valence-corrected chi connectivity index (χ0v) is 21.3. The monoisotopic (exact) mass is 492 g/mol. The van der Waals surface area contributed by atoms with Crippen molar-refractivity contribution in [1.29, 1.82) is 0 Å². The highest BCUT2D eigenvalue weighted by molar-refractivity contribution is 7.89. The minimum absolute atomic E-state index is 0.171. The van der Waals surface area contributed by atoms with E-state index in [9.17, 15) is 22.8 Å². The second kappa shape index (κ2) is 10.4. The number of carbonyl (C=O) groups is 3. The first-order valence-corrected chi connectivity index (χ1v) is 13.5. The SMILES string of the molecule is CCCC1(CCC)NC(=O)N(CC(=O)Nc2ccc(S(=O)(=O)N3CC(C)CC(C)C3)cc2)C1=O. The van der Waals surface area contributed by atoms with Crippen LogP contribution in [0, 0.1) is 11.8 Å². The molecule has 0 saturated carbocycles. The summed E-state index contributed by atoms with van der Waals surface area (Å²) in [4.78, 5) is 39.1. The van der Waals surface area contributed by atoms with Crippen LogP contribution in [0.25, 0.3) is 0 Å². The molecule has 0 aromatic heterocycles. The van der Waals surface area contributed by atoms with Crippen LogP contribution in [0.5, 0.6) is 0 Å². The van der Waals surface area contributed by atoms with Gasteiger partial charge in [0.2, 0.25) is 15.9 Å². The molecule has 1 aromatic carbocycles. The van der Waals surface area contributed by atoms with Crippen LogP contribution in [0.2, 0.25) is 0 Å². The van der Waals surface area contributed by atoms with Gasteiger partial charge in [-0.3, -0.25) is 14.5 Å². The molecule has 2 unspecified atom stereocenters. The van der Waals surface area contributed by atoms with E-state index in [2.05, 4.69) is 24.5 Å². The Labute approximate surface area is 202 Å². The van der Waals surface area contributed by atoms with Crippen molar-refractivity contribution in [3.05, 3.63) is 24.3 Å². The maximum Gasteiger partial charge on any atom is 0.325 e. The molecule has 10 heteroatoms. The van der Waals surface area contributed by atoms with Gasteiger partial charge < -0.3 is 10.6 Å². The molecular formula is C24H36N4O5S. The van der Waals surface area contributed by atoms with Crippen molar-refractivity contribution in [2.24, 2.45) is 11.8 Å². The lowest BCUT2D eigenvalue weighted by atomic mass is 9.88. The summed E-state index contributed by atoms with van der Waals surface area (Å²) in [7, 11) is -3.62. The van der Waals surface area contributed by atoms with Gasteiger partial charge in [0.05, 0.1) is 4.90 Å². The van der Waals surface area contributed by atoms with Crippen LogP contribution in [0.1, 0.15) is 59.8 Å². The van der Waals surface area contributed by atoms with E-state index in [0.717, 1.165) is 24.2 Å². The molecule has 34 heavy (non-hydrogen) atoms. The molecule has 0 bridgehead atoms. The molecule has 4 amide bonds. The maximum atomic E-state index is 13.0. The quantitative estimate of drug-likeness (QED) is 0.514. The third-order valence-corrected chi connectivity index (χ3v) is 8.36. The Kier molecular flexibility index (Phi) is 8.02. The number of amides is 4. The molecule has 0 radical (unpaired) electrons. The van der Waals surface area contributed by atoms with Crippen LogP contribution in [0.4, 0.5) is 10.5 Å². The zero-order valence-electron chi connectivity index (χ0n) is 20.5. The summed E-state index contributed by atoms with van der Waals surface area (Å²) < 4.78 is 27.6. The third-order valence-electron chi connectivity index (χ3n) is 6.51. The number of imide groups is 1. The molecule has 188 valence electrons. The number of nitrogens with one attached hydrogen (secondary N) is 2. The van der Waals surface area contributed by atoms with Gasteiger partial charge >= 0.3 is 6.03 Å². The summed E-state index contributed by atoms with van der Waals surface area (Å²) in [5, 5.41) is 5.44. The second-order valence-electron chi connectivity index (χ2n) is 9.74. The van der Waals surface area contributed by atoms with Gasteiger partial charge in [-0.15, -0.1) is 0 Å². The van der Waals surface area contributed by atoms with Crippen LogP contribution in [-0.2, 0) is 19.6 Å². The molecule has 3 rings (SSSR count). The van der Waals surface area contributed by atoms with Gasteiger partial charge in [-0.25, -0.2) is 13.2 Å². The van der Waals surface area contributed by atoms with Gasteiger partial charge in [0.15, 0.2) is 0 Å². The van der Waals surface area contributed by atoms with Crippen LogP contribution in [-0.4, -0.2) is 60.6 Å². The van der Waals surface area contributed by atoms with E-state index in [1.165, 1.54) is 28.6 Å². The molecule has 1 aromatic rings. The van der Waals surface area contributed by atoms with E-state index < -0.39 is 34.0 Å². The van der Waals surface area contributed by atoms with Crippen LogP contribution in [0.15, 0.2) is 29.2 Å². The molecule has 2 saturated heterocycles. The van der Waals surface area contributed by atoms with Crippen LogP contribution >= 0.6 is 0 Å². The number of rotatable bonds is 9. The van der Waals surface area contributed by atoms with Crippen molar-refractivity contribution in [3.63, 3.8) is 0 Å². The summed E-state index contributed by atoms with van der Waals surface area (Å²) in [6.45, 7) is 8.59. The van der Waals surface area contributed by atoms with Crippen molar-refractivity contribution in [2.45, 2.75) is 70.2 Å². The zero-order chi connectivity index (χ0) is 25.1. The first-order chi connectivity index (χ1) is 16.0. The lowest BCUT2D eigenvalue weighted by molar-refractivity contribution is -0.134. The maximum absolute atomic E-state index is 13.0. The van der Waals surface area contributed by atoms with Crippen molar-refractivity contribution >= 4 is 33.6 Å². The van der Waals surface area contributed by atoms with Gasteiger partial charge in [-0.05, 0) is 55.4 Å². The average Bonchev–Trinajstić information content (AvgIpc) is 2.98. The number of nitrogens with zero attached hydrogens (tertiary/aromatic N) is 2. The Morgan fingerprint density at radius 1 is 1.06 bits per heavy atom. The Morgan fingerprint density at radius 2 is 1.62 bits per heavy atom. The molecule has 2 fully saturated rings. The highest BCUT2D eigenvalue weighted by atomic mass is 32.2. The third kappa shape index (κ3) is 5.43. The number of piperidine rings is 1. The fourth-order valence-corrected chi connectivity index (χ4v) is 6.82. The molecule has 0 aliphatic carbocycles. The Balaban J connectivity index is 1.65. The van der Waals surface area contributed by atoms with Gasteiger partial charge in [0, 0.05) is 18.8 Å². The summed E-state index contributed by atoms with van der Waals surface area (Å²) in [6, 6.07) is 5.41. The van der Waals surface area contributed by atoms with E-state index in [-0.39, 0.29) is 10.8 Å². The topological polar surface area (TPSA) is 116 Å². The number of benzene rings is 1. The standard InChI is InChI=1S/C24H36N4O5S/c1-5-11-24(12-6-2)22(30)28(23(31)26-24)16-21(29)25-19-7-9-20(10-8-19)34(32,33)27-14-17(3)13-18(4)15-27/h7-10,17-18H,5-6,11-16H2,1-4H3,(H,25,29)(H,26,31). The van der Waals surface area contributed by atoms with Crippen LogP contribution in [0.3, 0.4) is 0 Å². The second-order valence-corrected chi connectivity index (χ2v) is 11.7. The molecule has 2 aliphatic rings. The average molecular weight is 493 g/mol. The molecule has 0 spiro atoms. The summed E-state index contributed by atoms with van der Waals surface area (Å²) in [5.41, 5.74) is -0.551. The van der Waals surface area contributed by atoms with Gasteiger partial charge in [-0.2, -0.15) is 4.31 Å². The van der Waals surface area contributed by atoms with Crippen molar-refractivity contribution in [2.75, 3.05) is 25.0 Å². The fraction of sp³-hybridized carbons (Fsp3) is 0.625. The van der Waals surface area contributed by atoms with E-state index in [1.54, 1.807) is 0 Å². The fourth-order valence-electron chi connectivity index (χ4n) is 5.14. The number of carbonyl (C=O) groups excluding carboxylic acids is 3. The Morgan fingerprint density at radius 3 is 2.15 bits per heavy atom. The summed E-state index contributed by atoms with van der Waals surface area (Å²) in [5.74, 6) is -0.295. The van der Waals surface area contributed by atoms with Crippen molar-refractivity contribution in [3.8, 4) is 0 Å². The van der Waals surface area contributed by atoms with Crippen molar-refractivity contribution in [1.82, 2.24) is 14.5 Å². The first-order valence-electron chi connectivity index (χ1n) is 12.1. The summed E-state index contributed by atoms with van der Waals surface area (Å²) in [6.07, 6.45) is 3.52. The lowest BCUT2D eigenvalue weighted by Crippen LogP contribution is -2.47. The minimum atomic E-state index is -3.62. The molecule has 2 N–H and O–H groups in total. The van der Waals surface area contributed by atoms with Gasteiger partial charge in [0.25, 0.3) is 5.91 Å². The molecule has 2 aliphatic heterocycles. The minimum Gasteiger partial charge on any atom is -0.325 e. The Hall–Kier alpha value is -2.46. The highest BCUT2D eigenvalue weighted by Gasteiger charge is 2.50. The van der Waals surface area contributed by atoms with E-state index in [0.29, 0.717) is 43.5 Å². The van der Waals surface area contributed by atoms with E-state index in [1.807, 2.05) is 13.8 Å². The predicted molar refractivity (Wildman–Crippen MR) is 130 cm³/mol. The molecule has 9 nitrogen and oxygen atoms in total. The Bertz CT molecular complexity index is 1010. The number of hydrogen-bond donors (Lipinski definition) is 2. The molecular weight excluding hydrogens is 456 g/mol. The van der Waals surface area contributed by atoms with E-state index >= 15 is 0 Å². The van der Waals surface area contributed by atoms with Crippen LogP contribution < -0.4 is 10.6 Å². The number of sulfonamides is 1. The lowest BCUT2D eigenvalue weighted by Gasteiger charge is -2.34. The summed E-state index contributed by atoms with van der Waals surface area (Å²) >= 11 is 0. The largest absolute Gasteiger partial charge is 0.325 e. The van der Waals surface area contributed by atoms with Crippen molar-refractivity contribution < 1.29 is 22.8 Å². The van der Waals surface area contributed by atoms with Gasteiger partial charge in [0.1, 0.15) is 12.1 Å².